The zero-order chi connectivity index (χ0) is 35.2. The van der Waals surface area contributed by atoms with Crippen molar-refractivity contribution in [2.75, 3.05) is 13.2 Å². The molecule has 0 rings (SSSR count). The summed E-state index contributed by atoms with van der Waals surface area (Å²) in [6, 6.07) is 0. The molecule has 0 saturated carbocycles. The van der Waals surface area contributed by atoms with Gasteiger partial charge in [-0.15, -0.1) is 0 Å². The molecule has 0 aromatic rings. The molecule has 0 saturated heterocycles. The number of hydrogen-bond acceptors (Lipinski definition) is 4. The molecule has 0 radical (unpaired) electrons. The molecule has 0 aromatic carbocycles. The summed E-state index contributed by atoms with van der Waals surface area (Å²) in [4.78, 5) is 23.9. The zero-order valence-electron chi connectivity index (χ0n) is 33.2. The summed E-state index contributed by atoms with van der Waals surface area (Å²) in [5.74, 6) is 1.18. The van der Waals surface area contributed by atoms with Crippen molar-refractivity contribution in [2.45, 2.75) is 246 Å². The summed E-state index contributed by atoms with van der Waals surface area (Å²) in [7, 11) is 0. The van der Waals surface area contributed by atoms with E-state index >= 15 is 0 Å². The monoisotopic (exact) mass is 679 g/mol. The second-order valence-corrected chi connectivity index (χ2v) is 15.9. The van der Waals surface area contributed by atoms with Crippen molar-refractivity contribution < 1.29 is 19.1 Å². The molecule has 0 atom stereocenters. The number of unbranched alkanes of at least 4 members (excludes halogenated alkanes) is 28. The summed E-state index contributed by atoms with van der Waals surface area (Å²) < 4.78 is 10.6. The van der Waals surface area contributed by atoms with E-state index < -0.39 is 0 Å². The topological polar surface area (TPSA) is 52.6 Å². The minimum atomic E-state index is -0.273. The summed E-state index contributed by atoms with van der Waals surface area (Å²) in [5.41, 5.74) is 0. The molecule has 0 aromatic heterocycles. The van der Waals surface area contributed by atoms with Crippen molar-refractivity contribution in [1.29, 1.82) is 0 Å². The SMILES string of the molecule is CC(C)CCCCCCCCCCCCCCCCCOC(=O)CCC(=O)OCCCCCCCCCCCCCCCCCC(C)C. The lowest BCUT2D eigenvalue weighted by atomic mass is 10.0. The van der Waals surface area contributed by atoms with Crippen LogP contribution in [0.5, 0.6) is 0 Å². The first-order chi connectivity index (χ1) is 23.4. The van der Waals surface area contributed by atoms with Gasteiger partial charge >= 0.3 is 11.9 Å². The average Bonchev–Trinajstić information content (AvgIpc) is 3.05. The molecule has 0 spiro atoms. The van der Waals surface area contributed by atoms with Crippen LogP contribution in [0.1, 0.15) is 246 Å². The Morgan fingerprint density at radius 3 is 0.708 bits per heavy atom. The van der Waals surface area contributed by atoms with Gasteiger partial charge in [0.1, 0.15) is 0 Å². The van der Waals surface area contributed by atoms with Crippen molar-refractivity contribution in [3.05, 3.63) is 0 Å². The van der Waals surface area contributed by atoms with E-state index in [-0.39, 0.29) is 24.8 Å². The maximum atomic E-state index is 12.0. The third-order valence-electron chi connectivity index (χ3n) is 9.91. The maximum absolute atomic E-state index is 12.0. The highest BCUT2D eigenvalue weighted by Gasteiger charge is 2.09. The van der Waals surface area contributed by atoms with Crippen LogP contribution in [-0.2, 0) is 19.1 Å². The van der Waals surface area contributed by atoms with Crippen molar-refractivity contribution >= 4 is 11.9 Å². The van der Waals surface area contributed by atoms with Gasteiger partial charge in [-0.1, -0.05) is 220 Å². The second-order valence-electron chi connectivity index (χ2n) is 15.9. The standard InChI is InChI=1S/C44H86O4/c1-41(2)35-31-27-23-19-15-11-7-5-9-13-17-21-25-29-33-39-47-43(45)37-38-44(46)48-40-34-30-26-22-18-14-10-6-8-12-16-20-24-28-32-36-42(3)4/h41-42H,5-40H2,1-4H3. The third-order valence-corrected chi connectivity index (χ3v) is 9.91. The maximum Gasteiger partial charge on any atom is 0.306 e. The van der Waals surface area contributed by atoms with Gasteiger partial charge in [0.25, 0.3) is 0 Å². The Hall–Kier alpha value is -1.06. The molecule has 48 heavy (non-hydrogen) atoms. The van der Waals surface area contributed by atoms with Crippen molar-refractivity contribution in [1.82, 2.24) is 0 Å². The lowest BCUT2D eigenvalue weighted by Gasteiger charge is -2.07. The molecule has 0 aliphatic carbocycles. The van der Waals surface area contributed by atoms with Gasteiger partial charge in [0.15, 0.2) is 0 Å². The number of hydrogen-bond donors (Lipinski definition) is 0. The van der Waals surface area contributed by atoms with E-state index in [9.17, 15) is 9.59 Å². The molecule has 0 amide bonds. The molecule has 0 aliphatic rings. The van der Waals surface area contributed by atoms with Crippen molar-refractivity contribution in [2.24, 2.45) is 11.8 Å². The molecule has 4 nitrogen and oxygen atoms in total. The Morgan fingerprint density at radius 1 is 0.312 bits per heavy atom. The van der Waals surface area contributed by atoms with E-state index in [2.05, 4.69) is 27.7 Å². The number of rotatable bonds is 39. The summed E-state index contributed by atoms with van der Waals surface area (Å²) in [6.45, 7) is 10.3. The smallest absolute Gasteiger partial charge is 0.306 e. The molecular formula is C44H86O4. The number of carbonyl (C=O) groups excluding carboxylic acids is 2. The normalized spacial score (nSPS) is 11.5. The largest absolute Gasteiger partial charge is 0.466 e. The van der Waals surface area contributed by atoms with Gasteiger partial charge in [0.2, 0.25) is 0 Å². The van der Waals surface area contributed by atoms with Gasteiger partial charge < -0.3 is 9.47 Å². The molecule has 0 aliphatic heterocycles. The molecule has 4 heteroatoms. The predicted octanol–water partition coefficient (Wildman–Crippen LogP) is 14.6. The van der Waals surface area contributed by atoms with Crippen LogP contribution in [0.4, 0.5) is 0 Å². The lowest BCUT2D eigenvalue weighted by molar-refractivity contribution is -0.150. The van der Waals surface area contributed by atoms with Crippen molar-refractivity contribution in [3.63, 3.8) is 0 Å². The van der Waals surface area contributed by atoms with Gasteiger partial charge in [-0.3, -0.25) is 9.59 Å². The number of esters is 2. The highest BCUT2D eigenvalue weighted by molar-refractivity contribution is 5.77. The van der Waals surface area contributed by atoms with Crippen LogP contribution in [0.3, 0.4) is 0 Å². The van der Waals surface area contributed by atoms with E-state index in [1.807, 2.05) is 0 Å². The Morgan fingerprint density at radius 2 is 0.500 bits per heavy atom. The van der Waals surface area contributed by atoms with Crippen LogP contribution in [0.25, 0.3) is 0 Å². The highest BCUT2D eigenvalue weighted by Crippen LogP contribution is 2.16. The van der Waals surface area contributed by atoms with E-state index in [1.54, 1.807) is 0 Å². The molecule has 0 fully saturated rings. The number of carbonyl (C=O) groups is 2. The molecule has 0 heterocycles. The Labute approximate surface area is 301 Å². The molecule has 0 bridgehead atoms. The van der Waals surface area contributed by atoms with Crippen LogP contribution in [-0.4, -0.2) is 25.2 Å². The fourth-order valence-corrected chi connectivity index (χ4v) is 6.63. The number of ether oxygens (including phenoxy) is 2. The molecule has 0 unspecified atom stereocenters. The first-order valence-corrected chi connectivity index (χ1v) is 21.7. The van der Waals surface area contributed by atoms with Crippen LogP contribution < -0.4 is 0 Å². The van der Waals surface area contributed by atoms with Crippen LogP contribution in [0, 0.1) is 11.8 Å². The first-order valence-electron chi connectivity index (χ1n) is 21.7. The van der Waals surface area contributed by atoms with Crippen LogP contribution in [0.15, 0.2) is 0 Å². The minimum absolute atomic E-state index is 0.134. The predicted molar refractivity (Wildman–Crippen MR) is 209 cm³/mol. The summed E-state index contributed by atoms with van der Waals surface area (Å²) in [6.07, 6.45) is 43.0. The van der Waals surface area contributed by atoms with Crippen molar-refractivity contribution in [3.8, 4) is 0 Å². The van der Waals surface area contributed by atoms with Gasteiger partial charge in [-0.2, -0.15) is 0 Å². The lowest BCUT2D eigenvalue weighted by Crippen LogP contribution is -2.11. The zero-order valence-corrected chi connectivity index (χ0v) is 33.2. The third kappa shape index (κ3) is 41.1. The van der Waals surface area contributed by atoms with Gasteiger partial charge in [0.05, 0.1) is 26.1 Å². The Kier molecular flexibility index (Phi) is 37.9. The Balaban J connectivity index is 3.26. The quantitative estimate of drug-likeness (QED) is 0.0479. The molecular weight excluding hydrogens is 592 g/mol. The highest BCUT2D eigenvalue weighted by atomic mass is 16.5. The van der Waals surface area contributed by atoms with E-state index in [4.69, 9.17) is 9.47 Å². The summed E-state index contributed by atoms with van der Waals surface area (Å²) >= 11 is 0. The van der Waals surface area contributed by atoms with Gasteiger partial charge in [-0.25, -0.2) is 0 Å². The first kappa shape index (κ1) is 46.9. The fourth-order valence-electron chi connectivity index (χ4n) is 6.63. The molecule has 0 N–H and O–H groups in total. The average molecular weight is 679 g/mol. The van der Waals surface area contributed by atoms with Crippen LogP contribution in [0.2, 0.25) is 0 Å². The summed E-state index contributed by atoms with van der Waals surface area (Å²) in [5, 5.41) is 0. The van der Waals surface area contributed by atoms with E-state index in [0.29, 0.717) is 13.2 Å². The van der Waals surface area contributed by atoms with Gasteiger partial charge in [-0.05, 0) is 24.7 Å². The fraction of sp³-hybridized carbons (Fsp3) is 0.955. The second kappa shape index (κ2) is 38.7. The van der Waals surface area contributed by atoms with Gasteiger partial charge in [0, 0.05) is 0 Å². The molecule has 286 valence electrons. The van der Waals surface area contributed by atoms with Crippen LogP contribution >= 0.6 is 0 Å². The minimum Gasteiger partial charge on any atom is -0.466 e. The van der Waals surface area contributed by atoms with E-state index in [1.165, 1.54) is 180 Å². The Bertz CT molecular complexity index is 602. The van der Waals surface area contributed by atoms with E-state index in [0.717, 1.165) is 37.5 Å².